The average molecular weight is 1800 g/mol. The van der Waals surface area contributed by atoms with Crippen molar-refractivity contribution < 1.29 is 117 Å². The molecule has 0 bridgehead atoms. The maximum Gasteiger partial charge on any atom is 0.416 e. The molecule has 7 heterocycles. The highest BCUT2D eigenvalue weighted by molar-refractivity contribution is 6.39. The van der Waals surface area contributed by atoms with Crippen LogP contribution < -0.4 is 31.4 Å². The number of nitrogen functional groups attached to an aromatic ring is 1. The molecule has 9 aromatic carbocycles. The number of benzene rings is 9. The number of aliphatic hydroxyl groups is 4. The first-order chi connectivity index (χ1) is 60.0. The molecule has 7 atom stereocenters. The predicted octanol–water partition coefficient (Wildman–Crippen LogP) is 14.5. The SMILES string of the molecule is COc1cc(/C=N\Nc2nc3c(N)ncnc3n2C2O[C@@H](CO)[C@H](O)[C@@H]2O)ccc1O.FC(F)(F)c1ccc(-n2cccc2/C=N/Nc2c(Cl)cc(C(F)(F)F)cc2Cl)cc1.O=C(CCc1ccc(O)cc1)c1c(O)cc(O)cc1O.O=C1Nc2ccccc2C1Cc1cccn1-c1ccc(Cl)cc1.Oc1cc2c(cc1O)C1c3ccc(O)c(O)c3OCC1(O)C2. The number of imidazole rings is 1. The Labute approximate surface area is 725 Å². The van der Waals surface area contributed by atoms with Gasteiger partial charge in [0.1, 0.15) is 65.4 Å². The molecule has 1 saturated heterocycles. The van der Waals surface area contributed by atoms with Crippen LogP contribution in [0, 0.1) is 0 Å². The van der Waals surface area contributed by atoms with Gasteiger partial charge >= 0.3 is 12.4 Å². The summed E-state index contributed by atoms with van der Waals surface area (Å²) in [5.74, 6) is -2.61. The second-order valence-electron chi connectivity index (χ2n) is 28.8. The van der Waals surface area contributed by atoms with E-state index < -0.39 is 83.4 Å². The number of aromatic hydroxyl groups is 9. The summed E-state index contributed by atoms with van der Waals surface area (Å²) in [6.07, 6.45) is -4.75. The Balaban J connectivity index is 0.000000136. The normalized spacial score (nSPS) is 17.8. The first kappa shape index (κ1) is 89.8. The van der Waals surface area contributed by atoms with E-state index in [0.29, 0.717) is 51.5 Å². The van der Waals surface area contributed by atoms with Gasteiger partial charge in [0.15, 0.2) is 63.5 Å². The van der Waals surface area contributed by atoms with E-state index in [9.17, 15) is 97.2 Å². The lowest BCUT2D eigenvalue weighted by atomic mass is 9.80. The van der Waals surface area contributed by atoms with Crippen molar-refractivity contribution in [1.82, 2.24) is 28.7 Å². The van der Waals surface area contributed by atoms with Gasteiger partial charge in [0.25, 0.3) is 0 Å². The minimum absolute atomic E-state index is 0.00665. The molecule has 3 aliphatic heterocycles. The fourth-order valence-corrected chi connectivity index (χ4v) is 15.1. The van der Waals surface area contributed by atoms with Gasteiger partial charge in [0.2, 0.25) is 17.6 Å². The number of carbonyl (C=O) groups is 2. The third-order valence-corrected chi connectivity index (χ3v) is 21.4. The Morgan fingerprint density at radius 2 is 1.32 bits per heavy atom. The number of methoxy groups -OCH3 is 1. The fourth-order valence-electron chi connectivity index (χ4n) is 14.4. The van der Waals surface area contributed by atoms with E-state index >= 15 is 0 Å². The summed E-state index contributed by atoms with van der Waals surface area (Å²) in [6, 6.07) is 47.8. The Hall–Kier alpha value is -14.0. The lowest BCUT2D eigenvalue weighted by Crippen LogP contribution is -2.43. The maximum absolute atomic E-state index is 12.8. The zero-order valence-corrected chi connectivity index (χ0v) is 67.7. The van der Waals surface area contributed by atoms with Gasteiger partial charge in [0, 0.05) is 83.0 Å². The van der Waals surface area contributed by atoms with Crippen LogP contribution in [0.4, 0.5) is 49.5 Å². The number of halogens is 9. The molecule has 4 aliphatic rings. The largest absolute Gasteiger partial charge is 0.508 e. The van der Waals surface area contributed by atoms with Crippen molar-refractivity contribution in [3.05, 3.63) is 283 Å². The number of nitrogens with two attached hydrogens (primary N) is 1. The molecule has 0 spiro atoms. The minimum Gasteiger partial charge on any atom is -0.508 e. The summed E-state index contributed by atoms with van der Waals surface area (Å²) in [5, 5.41) is 138. The standard InChI is InChI=1S/C19H11Cl2F6N3.C19H15ClN2O.C18H21N7O6.C16H14O6.C15H14O5/c20-15-8-12(19(25,26)27)9-16(21)17(15)29-28-10-14-2-1-7-30(14)13-5-3-11(4-6-13)18(22,23)24;20-13-7-9-14(10-8-13)22-11-3-4-15(22)12-17-16-5-1-2-6-18(16)21-19(17)23;1-30-10-4-8(2-3-9(10)27)5-22-24-18-23-12-15(19)20-7-21-16(12)25(18)17-14(29)13(28)11(6-26)31-17;17-10-2-1-8-13-9-4-12(19)11(18)3-7(9)5-16(13,21)6-22-15(8)14(10)20;16-10-4-1-9(2-5-10)3-6-12(18)15-13(19)7-11(17)8-14(15)20/h1-10,29H;1-11,17H,12H2,(H,21,23);2-5,7,11,13-14,17,26-29H,6H2,1H3,(H,23,24)(H2,19,20,21);1-4,13,17-21H,5-6H2;1-2,4-5,7-8,16-17,19-20H,3,6H2/b28-10+;;22-5-;;/t;;11-,13-,14-,17?;;/m..0../s1. The highest BCUT2D eigenvalue weighted by Gasteiger charge is 2.52. The van der Waals surface area contributed by atoms with Crippen LogP contribution in [0.1, 0.15) is 90.7 Å². The van der Waals surface area contributed by atoms with E-state index in [-0.39, 0.29) is 127 Å². The van der Waals surface area contributed by atoms with Crippen LogP contribution in [-0.4, -0.2) is 163 Å². The number of carbonyl (C=O) groups excluding carboxylic acids is 2. The number of aliphatic hydroxyl groups excluding tert-OH is 3. The quantitative estimate of drug-likeness (QED) is 0.0132. The van der Waals surface area contributed by atoms with Crippen LogP contribution in [0.2, 0.25) is 15.1 Å². The van der Waals surface area contributed by atoms with Gasteiger partial charge in [-0.15, -0.1) is 0 Å². The van der Waals surface area contributed by atoms with Crippen LogP contribution in [0.15, 0.2) is 217 Å². The number of Topliss-reactive ketones (excluding diaryl/α,β-unsaturated/α-hetero) is 1. The van der Waals surface area contributed by atoms with Crippen molar-refractivity contribution in [1.29, 1.82) is 0 Å². The highest BCUT2D eigenvalue weighted by atomic mass is 35.5. The summed E-state index contributed by atoms with van der Waals surface area (Å²) in [7, 11) is 1.43. The first-order valence-corrected chi connectivity index (χ1v) is 38.9. The number of amides is 1. The number of ketones is 1. The molecule has 13 aromatic rings. The number of hydrogen-bond acceptors (Lipinski definition) is 26. The molecule has 654 valence electrons. The topological polar surface area (TPSA) is 465 Å². The average Bonchev–Trinajstić information content (AvgIpc) is 1.56. The molecular formula is C87H75Cl3F6N12O18. The van der Waals surface area contributed by atoms with Gasteiger partial charge in [-0.25, -0.2) is 20.4 Å². The molecule has 126 heavy (non-hydrogen) atoms. The zero-order chi connectivity index (χ0) is 90.4. The summed E-state index contributed by atoms with van der Waals surface area (Å²) < 4.78 is 97.6. The fraction of sp³-hybridized carbons (Fsp3) is 0.184. The number of rotatable bonds is 17. The number of ether oxygens (including phenoxy) is 3. The second kappa shape index (κ2) is 37.6. The number of anilines is 4. The number of para-hydroxylation sites is 1. The summed E-state index contributed by atoms with van der Waals surface area (Å²) in [5.41, 5.74) is 16.9. The van der Waals surface area contributed by atoms with Crippen molar-refractivity contribution >= 4 is 93.2 Å². The molecule has 4 aromatic heterocycles. The Morgan fingerprint density at radius 3 is 1.99 bits per heavy atom. The predicted molar refractivity (Wildman–Crippen MR) is 452 cm³/mol. The minimum atomic E-state index is -4.60. The molecule has 39 heteroatoms. The third kappa shape index (κ3) is 19.8. The lowest BCUT2D eigenvalue weighted by molar-refractivity contribution is -0.138. The smallest absolute Gasteiger partial charge is 0.416 e. The Bertz CT molecular complexity index is 6200. The molecule has 4 unspecified atom stereocenters. The van der Waals surface area contributed by atoms with Gasteiger partial charge in [-0.2, -0.15) is 36.5 Å². The molecule has 1 aliphatic carbocycles. The van der Waals surface area contributed by atoms with E-state index in [4.69, 9.17) is 59.9 Å². The molecule has 18 N–H and O–H groups in total. The van der Waals surface area contributed by atoms with Gasteiger partial charge < -0.3 is 101 Å². The highest BCUT2D eigenvalue weighted by Crippen LogP contribution is 2.56. The number of phenolic OH excluding ortho intramolecular Hbond substituents is 9. The van der Waals surface area contributed by atoms with Crippen LogP contribution in [-0.2, 0) is 41.1 Å². The van der Waals surface area contributed by atoms with Gasteiger partial charge in [0.05, 0.1) is 64.6 Å². The number of phenols is 9. The van der Waals surface area contributed by atoms with E-state index in [1.807, 2.05) is 60.8 Å². The van der Waals surface area contributed by atoms with E-state index in [1.54, 1.807) is 53.2 Å². The maximum atomic E-state index is 12.8. The summed E-state index contributed by atoms with van der Waals surface area (Å²) in [6.45, 7) is -0.542. The molecule has 17 rings (SSSR count). The second-order valence-corrected chi connectivity index (χ2v) is 30.1. The summed E-state index contributed by atoms with van der Waals surface area (Å²) in [4.78, 5) is 36.7. The number of hydrazone groups is 2. The number of hydrogen-bond donors (Lipinski definition) is 17. The zero-order valence-electron chi connectivity index (χ0n) is 65.4. The van der Waals surface area contributed by atoms with Crippen molar-refractivity contribution in [2.75, 3.05) is 42.2 Å². The number of alkyl halides is 6. The number of aromatic nitrogens is 6. The van der Waals surface area contributed by atoms with E-state index in [1.165, 1.54) is 79.0 Å². The van der Waals surface area contributed by atoms with Crippen molar-refractivity contribution in [2.24, 2.45) is 10.2 Å². The number of nitrogens with one attached hydrogen (secondary N) is 3. The number of fused-ring (bicyclic) bond motifs is 7. The van der Waals surface area contributed by atoms with Crippen LogP contribution in [0.3, 0.4) is 0 Å². The molecule has 0 radical (unpaired) electrons. The Morgan fingerprint density at radius 1 is 0.675 bits per heavy atom. The van der Waals surface area contributed by atoms with Gasteiger partial charge in [-0.1, -0.05) is 71.2 Å². The van der Waals surface area contributed by atoms with Gasteiger partial charge in [-0.3, -0.25) is 19.6 Å². The van der Waals surface area contributed by atoms with Crippen molar-refractivity contribution in [2.45, 2.75) is 80.0 Å². The monoisotopic (exact) mass is 1790 g/mol. The number of nitrogens with zero attached hydrogens (tertiary/aromatic N) is 8. The molecular weight excluding hydrogens is 1720 g/mol. The lowest BCUT2D eigenvalue weighted by Gasteiger charge is -2.36. The third-order valence-electron chi connectivity index (χ3n) is 20.6. The van der Waals surface area contributed by atoms with Crippen LogP contribution in [0.5, 0.6) is 63.2 Å². The van der Waals surface area contributed by atoms with Gasteiger partial charge in [-0.05, 0) is 174 Å². The first-order valence-electron chi connectivity index (χ1n) is 37.8. The van der Waals surface area contributed by atoms with E-state index in [2.05, 4.69) is 52.0 Å². The summed E-state index contributed by atoms with van der Waals surface area (Å²) >= 11 is 17.7. The number of aryl methyl sites for hydroxylation is 1. The van der Waals surface area contributed by atoms with Crippen LogP contribution in [0.25, 0.3) is 22.5 Å². The molecule has 1 amide bonds. The molecule has 0 saturated carbocycles. The Kier molecular flexibility index (Phi) is 26.8. The van der Waals surface area contributed by atoms with Crippen molar-refractivity contribution in [3.63, 3.8) is 0 Å². The molecule has 1 fully saturated rings. The van der Waals surface area contributed by atoms with Crippen molar-refractivity contribution in [3.8, 4) is 74.6 Å². The van der Waals surface area contributed by atoms with Crippen LogP contribution >= 0.6 is 34.8 Å². The van der Waals surface area contributed by atoms with E-state index in [0.717, 1.165) is 64.6 Å². The molecule has 30 nitrogen and oxygen atoms in total.